The fourth-order valence-electron chi connectivity index (χ4n) is 2.48. The minimum atomic E-state index is -0.566. The van der Waals surface area contributed by atoms with E-state index in [0.717, 1.165) is 0 Å². The average Bonchev–Trinajstić information content (AvgIpc) is 2.63. The number of nitrogens with zero attached hydrogens (tertiary/aromatic N) is 2. The van der Waals surface area contributed by atoms with E-state index >= 15 is 0 Å². The number of aromatic nitrogens is 1. The third kappa shape index (κ3) is 3.92. The van der Waals surface area contributed by atoms with Crippen LogP contribution in [0.25, 0.3) is 0 Å². The number of methoxy groups -OCH3 is 1. The number of nitrogens with one attached hydrogen (secondary N) is 1. The monoisotopic (exact) mass is 378 g/mol. The summed E-state index contributed by atoms with van der Waals surface area (Å²) in [6, 6.07) is 5.08. The van der Waals surface area contributed by atoms with Crippen molar-refractivity contribution >= 4 is 29.0 Å². The van der Waals surface area contributed by atoms with E-state index in [0.29, 0.717) is 17.3 Å². The summed E-state index contributed by atoms with van der Waals surface area (Å²) in [5, 5.41) is 2.78. The molecular formula is C17H16ClFN4O3. The molecule has 0 radical (unpaired) electrons. The molecule has 9 heteroatoms. The molecule has 136 valence electrons. The fourth-order valence-corrected chi connectivity index (χ4v) is 2.72. The third-order valence-corrected chi connectivity index (χ3v) is 4.02. The van der Waals surface area contributed by atoms with Crippen molar-refractivity contribution < 1.29 is 18.7 Å². The number of aliphatic imine (C=N–C) groups is 1. The lowest BCUT2D eigenvalue weighted by Crippen LogP contribution is -2.27. The zero-order valence-corrected chi connectivity index (χ0v) is 14.6. The molecule has 1 aliphatic heterocycles. The molecule has 0 saturated carbocycles. The molecule has 3 N–H and O–H groups in total. The van der Waals surface area contributed by atoms with Gasteiger partial charge >= 0.3 is 0 Å². The minimum Gasteiger partial charge on any atom is -0.495 e. The van der Waals surface area contributed by atoms with Crippen LogP contribution in [0.15, 0.2) is 35.5 Å². The Balaban J connectivity index is 1.83. The zero-order valence-electron chi connectivity index (χ0n) is 13.8. The van der Waals surface area contributed by atoms with Crippen LogP contribution in [-0.2, 0) is 4.74 Å². The number of ether oxygens (including phenoxy) is 2. The maximum atomic E-state index is 14.2. The molecule has 0 unspecified atom stereocenters. The van der Waals surface area contributed by atoms with E-state index < -0.39 is 17.8 Å². The molecule has 0 bridgehead atoms. The number of carbonyl (C=O) groups is 1. The lowest BCUT2D eigenvalue weighted by atomic mass is 10.1. The van der Waals surface area contributed by atoms with Gasteiger partial charge in [0.2, 0.25) is 0 Å². The Morgan fingerprint density at radius 1 is 1.46 bits per heavy atom. The molecule has 0 fully saturated rings. The Morgan fingerprint density at radius 2 is 2.27 bits per heavy atom. The molecular weight excluding hydrogens is 363 g/mol. The number of benzene rings is 1. The van der Waals surface area contributed by atoms with E-state index in [2.05, 4.69) is 15.3 Å². The molecule has 1 aromatic carbocycles. The van der Waals surface area contributed by atoms with Gasteiger partial charge in [0, 0.05) is 17.3 Å². The quantitative estimate of drug-likeness (QED) is 0.851. The molecule has 1 aromatic heterocycles. The molecule has 1 aliphatic rings. The number of pyridine rings is 1. The predicted molar refractivity (Wildman–Crippen MR) is 95.3 cm³/mol. The number of carbonyl (C=O) groups excluding carboxylic acids is 1. The van der Waals surface area contributed by atoms with Gasteiger partial charge in [-0.15, -0.1) is 0 Å². The maximum absolute atomic E-state index is 14.2. The van der Waals surface area contributed by atoms with Crippen LogP contribution in [0, 0.1) is 5.82 Å². The van der Waals surface area contributed by atoms with E-state index in [4.69, 9.17) is 26.8 Å². The van der Waals surface area contributed by atoms with Gasteiger partial charge in [-0.1, -0.05) is 11.6 Å². The van der Waals surface area contributed by atoms with Gasteiger partial charge in [0.05, 0.1) is 24.9 Å². The summed E-state index contributed by atoms with van der Waals surface area (Å²) < 4.78 is 24.4. The summed E-state index contributed by atoms with van der Waals surface area (Å²) in [4.78, 5) is 20.6. The van der Waals surface area contributed by atoms with E-state index in [9.17, 15) is 9.18 Å². The Bertz CT molecular complexity index is 875. The van der Waals surface area contributed by atoms with Gasteiger partial charge in [0.25, 0.3) is 5.91 Å². The van der Waals surface area contributed by atoms with E-state index in [1.54, 1.807) is 0 Å². The summed E-state index contributed by atoms with van der Waals surface area (Å²) in [5.74, 6) is -0.263. The first-order chi connectivity index (χ1) is 12.5. The van der Waals surface area contributed by atoms with Crippen LogP contribution in [0.4, 0.5) is 10.1 Å². The summed E-state index contributed by atoms with van der Waals surface area (Å²) in [7, 11) is 1.47. The molecule has 1 amide bonds. The van der Waals surface area contributed by atoms with E-state index in [-0.39, 0.29) is 29.5 Å². The Hall–Kier alpha value is -2.71. The normalized spacial score (nSPS) is 16.7. The lowest BCUT2D eigenvalue weighted by Gasteiger charge is -2.20. The van der Waals surface area contributed by atoms with Crippen molar-refractivity contribution in [3.63, 3.8) is 0 Å². The largest absolute Gasteiger partial charge is 0.495 e. The van der Waals surface area contributed by atoms with Crippen LogP contribution >= 0.6 is 11.6 Å². The first-order valence-corrected chi connectivity index (χ1v) is 8.06. The highest BCUT2D eigenvalue weighted by Crippen LogP contribution is 2.27. The maximum Gasteiger partial charge on any atom is 0.275 e. The van der Waals surface area contributed by atoms with Crippen LogP contribution < -0.4 is 15.8 Å². The average molecular weight is 379 g/mol. The summed E-state index contributed by atoms with van der Waals surface area (Å²) >= 11 is 6.05. The lowest BCUT2D eigenvalue weighted by molar-refractivity contribution is 0.102. The van der Waals surface area contributed by atoms with Gasteiger partial charge in [-0.05, 0) is 18.2 Å². The molecule has 0 aliphatic carbocycles. The highest BCUT2D eigenvalue weighted by Gasteiger charge is 2.21. The molecule has 2 aromatic rings. The van der Waals surface area contributed by atoms with Gasteiger partial charge in [0.1, 0.15) is 35.7 Å². The van der Waals surface area contributed by atoms with Gasteiger partial charge < -0.3 is 20.5 Å². The van der Waals surface area contributed by atoms with E-state index in [1.165, 1.54) is 37.6 Å². The molecule has 26 heavy (non-hydrogen) atoms. The number of hydrogen-bond donors (Lipinski definition) is 2. The molecule has 7 nitrogen and oxygen atoms in total. The van der Waals surface area contributed by atoms with Gasteiger partial charge in [-0.25, -0.2) is 9.37 Å². The van der Waals surface area contributed by atoms with Crippen LogP contribution in [0.5, 0.6) is 5.75 Å². The molecule has 1 atom stereocenters. The van der Waals surface area contributed by atoms with Crippen molar-refractivity contribution in [2.45, 2.75) is 6.04 Å². The summed E-state index contributed by atoms with van der Waals surface area (Å²) in [6.45, 7) is 0.428. The Kier molecular flexibility index (Phi) is 5.34. The zero-order chi connectivity index (χ0) is 18.7. The first kappa shape index (κ1) is 18.1. The number of nitrogens with two attached hydrogens (primary N) is 1. The van der Waals surface area contributed by atoms with Crippen LogP contribution in [0.2, 0.25) is 5.02 Å². The number of hydrogen-bond acceptors (Lipinski definition) is 6. The molecule has 2 heterocycles. The van der Waals surface area contributed by atoms with Crippen molar-refractivity contribution in [1.29, 1.82) is 0 Å². The van der Waals surface area contributed by atoms with Gasteiger partial charge in [-0.3, -0.25) is 9.79 Å². The van der Waals surface area contributed by atoms with Crippen LogP contribution in [-0.4, -0.2) is 37.1 Å². The Labute approximate surface area is 154 Å². The topological polar surface area (TPSA) is 98.8 Å². The van der Waals surface area contributed by atoms with Crippen molar-refractivity contribution in [3.05, 3.63) is 52.6 Å². The van der Waals surface area contributed by atoms with Crippen LogP contribution in [0.1, 0.15) is 22.1 Å². The SMILES string of the molecule is COc1cnc(C(=O)Nc2ccc(F)c([C@@H]3COCC(N)=N3)c2)c(Cl)c1. The highest BCUT2D eigenvalue weighted by atomic mass is 35.5. The van der Waals surface area contributed by atoms with Gasteiger partial charge in [-0.2, -0.15) is 0 Å². The second-order valence-corrected chi connectivity index (χ2v) is 5.95. The summed E-state index contributed by atoms with van der Waals surface area (Å²) in [6.07, 6.45) is 1.38. The molecule has 3 rings (SSSR count). The number of anilines is 1. The minimum absolute atomic E-state index is 0.0293. The summed E-state index contributed by atoms with van der Waals surface area (Å²) in [5.41, 5.74) is 6.33. The number of amidine groups is 1. The third-order valence-electron chi connectivity index (χ3n) is 3.73. The second-order valence-electron chi connectivity index (χ2n) is 5.55. The van der Waals surface area contributed by atoms with Crippen molar-refractivity contribution in [2.75, 3.05) is 25.6 Å². The Morgan fingerprint density at radius 3 is 2.96 bits per heavy atom. The number of amides is 1. The van der Waals surface area contributed by atoms with Crippen molar-refractivity contribution in [2.24, 2.45) is 10.7 Å². The predicted octanol–water partition coefficient (Wildman–Crippen LogP) is 2.56. The second kappa shape index (κ2) is 7.67. The molecule has 0 saturated heterocycles. The van der Waals surface area contributed by atoms with Gasteiger partial charge in [0.15, 0.2) is 0 Å². The fraction of sp³-hybridized carbons (Fsp3) is 0.235. The number of halogens is 2. The standard InChI is InChI=1S/C17H16ClFN4O3/c1-25-10-5-12(18)16(21-6-10)17(24)22-9-2-3-13(19)11(4-9)14-7-26-8-15(20)23-14/h2-6,14H,7-8H2,1H3,(H2,20,23)(H,22,24)/t14-/m0/s1. The smallest absolute Gasteiger partial charge is 0.275 e. The highest BCUT2D eigenvalue weighted by molar-refractivity contribution is 6.34. The van der Waals surface area contributed by atoms with Crippen molar-refractivity contribution in [1.82, 2.24) is 4.98 Å². The van der Waals surface area contributed by atoms with E-state index in [1.807, 2.05) is 0 Å². The van der Waals surface area contributed by atoms with Crippen molar-refractivity contribution in [3.8, 4) is 5.75 Å². The van der Waals surface area contributed by atoms with Crippen LogP contribution in [0.3, 0.4) is 0 Å². The molecule has 0 spiro atoms. The number of rotatable bonds is 4. The first-order valence-electron chi connectivity index (χ1n) is 7.68.